The van der Waals surface area contributed by atoms with Gasteiger partial charge in [-0.15, -0.1) is 16.4 Å². The average molecular weight is 400 g/mol. The third kappa shape index (κ3) is 3.65. The van der Waals surface area contributed by atoms with E-state index < -0.39 is 0 Å². The van der Waals surface area contributed by atoms with Gasteiger partial charge >= 0.3 is 0 Å². The van der Waals surface area contributed by atoms with Gasteiger partial charge in [0, 0.05) is 29.0 Å². The molecule has 0 spiro atoms. The van der Waals surface area contributed by atoms with Crippen LogP contribution >= 0.6 is 11.3 Å². The first-order chi connectivity index (χ1) is 14.2. The maximum atomic E-state index is 12.5. The van der Waals surface area contributed by atoms with Crippen LogP contribution in [0.1, 0.15) is 16.1 Å². The normalized spacial score (nSPS) is 11.0. The Hall–Kier alpha value is -3.78. The SMILES string of the molecule is O=C(Nc1ccc(-c2cn3ccsc3n2)cc1)c1cn(Cc2ccccc2)nn1. The molecule has 8 heteroatoms. The molecule has 0 unspecified atom stereocenters. The summed E-state index contributed by atoms with van der Waals surface area (Å²) < 4.78 is 3.65. The number of benzene rings is 2. The topological polar surface area (TPSA) is 77.1 Å². The number of imidazole rings is 1. The van der Waals surface area contributed by atoms with Crippen LogP contribution in [-0.2, 0) is 6.54 Å². The minimum atomic E-state index is -0.292. The molecule has 0 atom stereocenters. The quantitative estimate of drug-likeness (QED) is 0.485. The molecule has 0 aliphatic heterocycles. The van der Waals surface area contributed by atoms with E-state index in [0.29, 0.717) is 12.2 Å². The van der Waals surface area contributed by atoms with Crippen molar-refractivity contribution in [2.75, 3.05) is 5.32 Å². The van der Waals surface area contributed by atoms with Gasteiger partial charge in [0.25, 0.3) is 5.91 Å². The first-order valence-corrected chi connectivity index (χ1v) is 9.91. The summed E-state index contributed by atoms with van der Waals surface area (Å²) in [5.41, 5.74) is 3.96. The Morgan fingerprint density at radius 2 is 1.86 bits per heavy atom. The van der Waals surface area contributed by atoms with Crippen molar-refractivity contribution >= 4 is 27.9 Å². The Kier molecular flexibility index (Phi) is 4.38. The van der Waals surface area contributed by atoms with E-state index >= 15 is 0 Å². The van der Waals surface area contributed by atoms with Gasteiger partial charge in [-0.3, -0.25) is 9.20 Å². The second-order valence-electron chi connectivity index (χ2n) is 6.54. The van der Waals surface area contributed by atoms with Gasteiger partial charge in [-0.1, -0.05) is 47.7 Å². The van der Waals surface area contributed by atoms with Crippen LogP contribution in [0.25, 0.3) is 16.2 Å². The largest absolute Gasteiger partial charge is 0.321 e. The molecule has 0 bridgehead atoms. The van der Waals surface area contributed by atoms with Crippen molar-refractivity contribution < 1.29 is 4.79 Å². The van der Waals surface area contributed by atoms with Crippen molar-refractivity contribution in [3.8, 4) is 11.3 Å². The Morgan fingerprint density at radius 3 is 2.66 bits per heavy atom. The van der Waals surface area contributed by atoms with E-state index in [1.807, 2.05) is 76.8 Å². The van der Waals surface area contributed by atoms with Crippen LogP contribution in [0.3, 0.4) is 0 Å². The lowest BCUT2D eigenvalue weighted by Crippen LogP contribution is -2.12. The highest BCUT2D eigenvalue weighted by molar-refractivity contribution is 7.15. The Morgan fingerprint density at radius 1 is 1.03 bits per heavy atom. The van der Waals surface area contributed by atoms with E-state index in [2.05, 4.69) is 20.6 Å². The Balaban J connectivity index is 1.26. The molecule has 0 saturated heterocycles. The number of thiazole rings is 1. The lowest BCUT2D eigenvalue weighted by Gasteiger charge is -2.04. The number of nitrogens with one attached hydrogen (secondary N) is 1. The smallest absolute Gasteiger partial charge is 0.277 e. The standard InChI is InChI=1S/C21H16N6OS/c28-20(19-14-27(25-24-19)12-15-4-2-1-3-5-15)22-17-8-6-16(7-9-17)18-13-26-10-11-29-21(26)23-18/h1-11,13-14H,12H2,(H,22,28). The first-order valence-electron chi connectivity index (χ1n) is 9.03. The summed E-state index contributed by atoms with van der Waals surface area (Å²) in [6.45, 7) is 0.567. The third-order valence-electron chi connectivity index (χ3n) is 4.49. The lowest BCUT2D eigenvalue weighted by atomic mass is 10.1. The zero-order valence-electron chi connectivity index (χ0n) is 15.3. The summed E-state index contributed by atoms with van der Waals surface area (Å²) >= 11 is 1.59. The van der Waals surface area contributed by atoms with Crippen LogP contribution in [0.2, 0.25) is 0 Å². The minimum Gasteiger partial charge on any atom is -0.321 e. The molecule has 3 heterocycles. The van der Waals surface area contributed by atoms with Crippen LogP contribution in [0.15, 0.2) is 78.6 Å². The minimum absolute atomic E-state index is 0.277. The molecule has 1 N–H and O–H groups in total. The molecule has 1 amide bonds. The molecule has 29 heavy (non-hydrogen) atoms. The van der Waals surface area contributed by atoms with Gasteiger partial charge < -0.3 is 5.32 Å². The average Bonchev–Trinajstić information content (AvgIpc) is 3.46. The summed E-state index contributed by atoms with van der Waals surface area (Å²) in [7, 11) is 0. The highest BCUT2D eigenvalue weighted by atomic mass is 32.1. The zero-order chi connectivity index (χ0) is 19.6. The molecular formula is C21H16N6OS. The number of amides is 1. The number of carbonyl (C=O) groups is 1. The number of carbonyl (C=O) groups excluding carboxylic acids is 1. The number of hydrogen-bond donors (Lipinski definition) is 1. The van der Waals surface area contributed by atoms with E-state index in [9.17, 15) is 4.79 Å². The molecule has 0 radical (unpaired) electrons. The molecule has 5 aromatic rings. The van der Waals surface area contributed by atoms with Crippen molar-refractivity contribution in [1.29, 1.82) is 0 Å². The molecule has 5 rings (SSSR count). The van der Waals surface area contributed by atoms with Gasteiger partial charge in [0.05, 0.1) is 18.4 Å². The van der Waals surface area contributed by atoms with Crippen LogP contribution in [0.5, 0.6) is 0 Å². The summed E-state index contributed by atoms with van der Waals surface area (Å²) in [5.74, 6) is -0.292. The maximum absolute atomic E-state index is 12.5. The van der Waals surface area contributed by atoms with E-state index in [4.69, 9.17) is 0 Å². The maximum Gasteiger partial charge on any atom is 0.277 e. The Labute approximate surface area is 170 Å². The van der Waals surface area contributed by atoms with E-state index in [1.165, 1.54) is 0 Å². The molecule has 0 aliphatic carbocycles. The first kappa shape index (κ1) is 17.3. The molecule has 2 aromatic carbocycles. The number of rotatable bonds is 5. The predicted octanol–water partition coefficient (Wildman–Crippen LogP) is 3.95. The van der Waals surface area contributed by atoms with Crippen LogP contribution < -0.4 is 5.32 Å². The second kappa shape index (κ2) is 7.33. The lowest BCUT2D eigenvalue weighted by molar-refractivity contribution is 0.102. The molecule has 7 nitrogen and oxygen atoms in total. The fourth-order valence-corrected chi connectivity index (χ4v) is 3.74. The van der Waals surface area contributed by atoms with Crippen LogP contribution in [0, 0.1) is 0 Å². The molecule has 0 fully saturated rings. The van der Waals surface area contributed by atoms with Crippen molar-refractivity contribution in [3.05, 3.63) is 89.8 Å². The van der Waals surface area contributed by atoms with Crippen molar-refractivity contribution in [1.82, 2.24) is 24.4 Å². The van der Waals surface area contributed by atoms with Gasteiger partial charge in [-0.2, -0.15) is 0 Å². The highest BCUT2D eigenvalue weighted by Crippen LogP contribution is 2.23. The van der Waals surface area contributed by atoms with Gasteiger partial charge in [-0.05, 0) is 17.7 Å². The molecular weight excluding hydrogens is 384 g/mol. The molecule has 142 valence electrons. The van der Waals surface area contributed by atoms with Crippen molar-refractivity contribution in [2.45, 2.75) is 6.54 Å². The van der Waals surface area contributed by atoms with E-state index in [1.54, 1.807) is 22.2 Å². The molecule has 3 aromatic heterocycles. The Bertz CT molecular complexity index is 1240. The third-order valence-corrected chi connectivity index (χ3v) is 5.26. The zero-order valence-corrected chi connectivity index (χ0v) is 16.1. The van der Waals surface area contributed by atoms with E-state index in [-0.39, 0.29) is 11.6 Å². The summed E-state index contributed by atoms with van der Waals surface area (Å²) in [6, 6.07) is 17.5. The van der Waals surface area contributed by atoms with Crippen LogP contribution in [0.4, 0.5) is 5.69 Å². The summed E-state index contributed by atoms with van der Waals surface area (Å²) in [6.07, 6.45) is 5.62. The van der Waals surface area contributed by atoms with Crippen molar-refractivity contribution in [3.63, 3.8) is 0 Å². The number of aromatic nitrogens is 5. The van der Waals surface area contributed by atoms with Gasteiger partial charge in [0.2, 0.25) is 0 Å². The van der Waals surface area contributed by atoms with Crippen LogP contribution in [-0.4, -0.2) is 30.3 Å². The molecule has 0 saturated carbocycles. The summed E-state index contributed by atoms with van der Waals surface area (Å²) in [4.78, 5) is 18.0. The van der Waals surface area contributed by atoms with E-state index in [0.717, 1.165) is 21.8 Å². The van der Waals surface area contributed by atoms with Gasteiger partial charge in [0.15, 0.2) is 10.7 Å². The van der Waals surface area contributed by atoms with Crippen molar-refractivity contribution in [2.24, 2.45) is 0 Å². The van der Waals surface area contributed by atoms with Gasteiger partial charge in [-0.25, -0.2) is 9.67 Å². The predicted molar refractivity (Wildman–Crippen MR) is 112 cm³/mol. The highest BCUT2D eigenvalue weighted by Gasteiger charge is 2.12. The number of nitrogens with zero attached hydrogens (tertiary/aromatic N) is 5. The second-order valence-corrected chi connectivity index (χ2v) is 7.41. The number of fused-ring (bicyclic) bond motifs is 1. The number of hydrogen-bond acceptors (Lipinski definition) is 5. The fraction of sp³-hybridized carbons (Fsp3) is 0.0476. The number of anilines is 1. The fourth-order valence-electron chi connectivity index (χ4n) is 3.04. The summed E-state index contributed by atoms with van der Waals surface area (Å²) in [5, 5.41) is 12.9. The molecule has 0 aliphatic rings. The van der Waals surface area contributed by atoms with Gasteiger partial charge in [0.1, 0.15) is 0 Å². The monoisotopic (exact) mass is 400 g/mol.